The molecule has 2 fully saturated rings. The molecular weight excluding hydrogens is 336 g/mol. The van der Waals surface area contributed by atoms with E-state index in [9.17, 15) is 9.00 Å². The molecule has 3 unspecified atom stereocenters. The molecule has 2 aliphatic rings. The van der Waals surface area contributed by atoms with Gasteiger partial charge in [-0.15, -0.1) is 0 Å². The van der Waals surface area contributed by atoms with Crippen LogP contribution < -0.4 is 16.0 Å². The summed E-state index contributed by atoms with van der Waals surface area (Å²) in [6.45, 7) is 3.49. The highest BCUT2D eigenvalue weighted by Crippen LogP contribution is 2.26. The topological polar surface area (TPSA) is 82.6 Å². The Bertz CT molecular complexity index is 480. The Kier molecular flexibility index (Phi) is 8.72. The molecule has 0 spiro atoms. The molecule has 0 bridgehead atoms. The van der Waals surface area contributed by atoms with Gasteiger partial charge in [-0.3, -0.25) is 14.0 Å². The van der Waals surface area contributed by atoms with Gasteiger partial charge < -0.3 is 16.0 Å². The van der Waals surface area contributed by atoms with Crippen LogP contribution in [0.5, 0.6) is 0 Å². The maximum absolute atomic E-state index is 12.0. The molecule has 1 amide bonds. The lowest BCUT2D eigenvalue weighted by Crippen LogP contribution is -2.47. The van der Waals surface area contributed by atoms with E-state index in [1.807, 2.05) is 6.92 Å². The van der Waals surface area contributed by atoms with Gasteiger partial charge in [0.1, 0.15) is 0 Å². The van der Waals surface area contributed by atoms with E-state index < -0.39 is 10.8 Å². The predicted octanol–water partition coefficient (Wildman–Crippen LogP) is 1.54. The van der Waals surface area contributed by atoms with Gasteiger partial charge >= 0.3 is 0 Å². The van der Waals surface area contributed by atoms with Crippen molar-refractivity contribution in [1.29, 1.82) is 0 Å². The van der Waals surface area contributed by atoms with E-state index in [1.54, 1.807) is 7.05 Å². The average Bonchev–Trinajstić information content (AvgIpc) is 2.58. The number of carbonyl (C=O) groups is 1. The van der Waals surface area contributed by atoms with Crippen LogP contribution in [0.15, 0.2) is 4.99 Å². The second kappa shape index (κ2) is 10.8. The lowest BCUT2D eigenvalue weighted by molar-refractivity contribution is -0.127. The largest absolute Gasteiger partial charge is 0.356 e. The van der Waals surface area contributed by atoms with Crippen molar-refractivity contribution in [2.45, 2.75) is 69.6 Å². The van der Waals surface area contributed by atoms with Crippen LogP contribution in [0.2, 0.25) is 0 Å². The average molecular weight is 371 g/mol. The molecule has 3 N–H and O–H groups in total. The van der Waals surface area contributed by atoms with Crippen LogP contribution in [-0.2, 0) is 15.6 Å². The molecular formula is C18H34N4O2S. The third-order valence-electron chi connectivity index (χ3n) is 5.27. The van der Waals surface area contributed by atoms with Crippen molar-refractivity contribution in [3.63, 3.8) is 0 Å². The van der Waals surface area contributed by atoms with Gasteiger partial charge in [0.25, 0.3) is 0 Å². The van der Waals surface area contributed by atoms with Crippen LogP contribution in [0.25, 0.3) is 0 Å². The monoisotopic (exact) mass is 370 g/mol. The minimum atomic E-state index is -0.704. The summed E-state index contributed by atoms with van der Waals surface area (Å²) in [6, 6.07) is 0.346. The number of nitrogens with one attached hydrogen (secondary N) is 3. The van der Waals surface area contributed by atoms with E-state index in [2.05, 4.69) is 20.9 Å². The highest BCUT2D eigenvalue weighted by atomic mass is 32.2. The summed E-state index contributed by atoms with van der Waals surface area (Å²) in [5.74, 6) is 2.02. The van der Waals surface area contributed by atoms with Gasteiger partial charge in [0, 0.05) is 53.9 Å². The fourth-order valence-electron chi connectivity index (χ4n) is 3.46. The van der Waals surface area contributed by atoms with Crippen LogP contribution in [-0.4, -0.2) is 53.3 Å². The number of nitrogens with zero attached hydrogens (tertiary/aromatic N) is 1. The third-order valence-corrected chi connectivity index (χ3v) is 7.01. The number of guanidine groups is 1. The molecule has 2 rings (SSSR count). The van der Waals surface area contributed by atoms with E-state index in [0.29, 0.717) is 17.8 Å². The Balaban J connectivity index is 1.61. The summed E-state index contributed by atoms with van der Waals surface area (Å²) in [4.78, 5) is 16.0. The first-order valence-corrected chi connectivity index (χ1v) is 11.1. The van der Waals surface area contributed by atoms with E-state index in [1.165, 1.54) is 6.42 Å². The smallest absolute Gasteiger partial charge is 0.223 e. The van der Waals surface area contributed by atoms with Crippen LogP contribution in [0, 0.1) is 5.92 Å². The number of carbonyl (C=O) groups excluding carboxylic acids is 1. The molecule has 0 heterocycles. The first-order valence-electron chi connectivity index (χ1n) is 9.76. The molecule has 2 saturated carbocycles. The van der Waals surface area contributed by atoms with Crippen molar-refractivity contribution in [2.24, 2.45) is 10.9 Å². The standard InChI is InChI=1S/C18H34N4O2S/c1-3-25(24)16-10-5-9-15(13-16)22-18(19-2)21-12-6-11-20-17(23)14-7-4-8-14/h14-16H,3-13H2,1-2H3,(H,20,23)(H2,19,21,22). The maximum atomic E-state index is 12.0. The van der Waals surface area contributed by atoms with E-state index >= 15 is 0 Å². The zero-order valence-corrected chi connectivity index (χ0v) is 16.5. The molecule has 3 atom stereocenters. The second-order valence-electron chi connectivity index (χ2n) is 7.07. The SMILES string of the molecule is CCS(=O)C1CCCC(NC(=NC)NCCCNC(=O)C2CCC2)C1. The van der Waals surface area contributed by atoms with Crippen LogP contribution in [0.4, 0.5) is 0 Å². The lowest BCUT2D eigenvalue weighted by Gasteiger charge is -2.30. The van der Waals surface area contributed by atoms with E-state index in [-0.39, 0.29) is 11.8 Å². The first kappa shape index (κ1) is 20.2. The molecule has 0 aromatic carbocycles. The van der Waals surface area contributed by atoms with E-state index in [4.69, 9.17) is 0 Å². The van der Waals surface area contributed by atoms with Gasteiger partial charge in [-0.2, -0.15) is 0 Å². The van der Waals surface area contributed by atoms with Gasteiger partial charge in [-0.1, -0.05) is 19.8 Å². The maximum Gasteiger partial charge on any atom is 0.223 e. The van der Waals surface area contributed by atoms with Crippen molar-refractivity contribution in [2.75, 3.05) is 25.9 Å². The second-order valence-corrected chi connectivity index (χ2v) is 9.08. The first-order chi connectivity index (χ1) is 12.1. The summed E-state index contributed by atoms with van der Waals surface area (Å²) in [6.07, 6.45) is 8.43. The van der Waals surface area contributed by atoms with Crippen LogP contribution in [0.1, 0.15) is 58.3 Å². The van der Waals surface area contributed by atoms with Crippen molar-refractivity contribution in [3.8, 4) is 0 Å². The fraction of sp³-hybridized carbons (Fsp3) is 0.889. The molecule has 0 saturated heterocycles. The minimum Gasteiger partial charge on any atom is -0.356 e. The predicted molar refractivity (Wildman–Crippen MR) is 104 cm³/mol. The number of rotatable bonds is 8. The summed E-state index contributed by atoms with van der Waals surface area (Å²) >= 11 is 0. The van der Waals surface area contributed by atoms with Crippen LogP contribution >= 0.6 is 0 Å². The number of aliphatic imine (C=N–C) groups is 1. The zero-order valence-electron chi connectivity index (χ0n) is 15.7. The molecule has 0 aliphatic heterocycles. The number of amides is 1. The molecule has 0 aromatic heterocycles. The quantitative estimate of drug-likeness (QED) is 0.344. The highest BCUT2D eigenvalue weighted by molar-refractivity contribution is 7.85. The van der Waals surface area contributed by atoms with Crippen molar-refractivity contribution < 1.29 is 9.00 Å². The van der Waals surface area contributed by atoms with Gasteiger partial charge in [0.05, 0.1) is 0 Å². The highest BCUT2D eigenvalue weighted by Gasteiger charge is 2.26. The number of hydrogen-bond donors (Lipinski definition) is 3. The molecule has 7 heteroatoms. The lowest BCUT2D eigenvalue weighted by atomic mass is 9.85. The van der Waals surface area contributed by atoms with Crippen molar-refractivity contribution in [3.05, 3.63) is 0 Å². The zero-order chi connectivity index (χ0) is 18.1. The summed E-state index contributed by atoms with van der Waals surface area (Å²) in [5, 5.41) is 10.1. The summed E-state index contributed by atoms with van der Waals surface area (Å²) < 4.78 is 12.0. The molecule has 144 valence electrons. The molecule has 25 heavy (non-hydrogen) atoms. The Morgan fingerprint density at radius 1 is 1.12 bits per heavy atom. The minimum absolute atomic E-state index is 0.214. The molecule has 0 radical (unpaired) electrons. The van der Waals surface area contributed by atoms with Gasteiger partial charge in [0.15, 0.2) is 5.96 Å². The van der Waals surface area contributed by atoms with Gasteiger partial charge in [0.2, 0.25) is 5.91 Å². The van der Waals surface area contributed by atoms with E-state index in [0.717, 1.165) is 63.2 Å². The Labute approximate surface area is 154 Å². The molecule has 2 aliphatic carbocycles. The van der Waals surface area contributed by atoms with Gasteiger partial charge in [-0.25, -0.2) is 0 Å². The third kappa shape index (κ3) is 6.60. The molecule has 6 nitrogen and oxygen atoms in total. The fourth-order valence-corrected chi connectivity index (χ4v) is 4.81. The van der Waals surface area contributed by atoms with Gasteiger partial charge in [-0.05, 0) is 38.5 Å². The summed E-state index contributed by atoms with van der Waals surface area (Å²) in [7, 11) is 1.07. The Morgan fingerprint density at radius 3 is 2.48 bits per heavy atom. The summed E-state index contributed by atoms with van der Waals surface area (Å²) in [5.41, 5.74) is 0. The Hall–Kier alpha value is -1.11. The molecule has 0 aromatic rings. The number of hydrogen-bond acceptors (Lipinski definition) is 3. The normalized spacial score (nSPS) is 25.8. The van der Waals surface area contributed by atoms with Crippen LogP contribution in [0.3, 0.4) is 0 Å². The van der Waals surface area contributed by atoms with Crippen molar-refractivity contribution in [1.82, 2.24) is 16.0 Å². The Morgan fingerprint density at radius 2 is 1.84 bits per heavy atom. The van der Waals surface area contributed by atoms with Crippen molar-refractivity contribution >= 4 is 22.7 Å².